The zero-order valence-corrected chi connectivity index (χ0v) is 20.5. The second-order valence-corrected chi connectivity index (χ2v) is 8.81. The lowest BCUT2D eigenvalue weighted by atomic mass is 10.0. The van der Waals surface area contributed by atoms with Crippen LogP contribution in [0.4, 0.5) is 0 Å². The van der Waals surface area contributed by atoms with Crippen molar-refractivity contribution in [2.45, 2.75) is 72.0 Å². The number of rotatable bonds is 11. The minimum absolute atomic E-state index is 0.0400. The van der Waals surface area contributed by atoms with Crippen molar-refractivity contribution in [3.8, 4) is 5.75 Å². The molecule has 0 aromatic heterocycles. The van der Waals surface area contributed by atoms with Crippen LogP contribution < -0.4 is 10.1 Å². The van der Waals surface area contributed by atoms with Crippen LogP contribution in [0.5, 0.6) is 5.75 Å². The van der Waals surface area contributed by atoms with E-state index in [9.17, 15) is 9.59 Å². The predicted octanol–water partition coefficient (Wildman–Crippen LogP) is 5.56. The first kappa shape index (κ1) is 25.7. The van der Waals surface area contributed by atoms with Gasteiger partial charge in [0, 0.05) is 17.6 Å². The number of amides is 2. The van der Waals surface area contributed by atoms with Crippen molar-refractivity contribution in [3.63, 3.8) is 0 Å². The Labute approximate surface area is 197 Å². The number of para-hydroxylation sites is 1. The van der Waals surface area contributed by atoms with Crippen molar-refractivity contribution in [1.29, 1.82) is 0 Å². The van der Waals surface area contributed by atoms with Crippen molar-refractivity contribution in [1.82, 2.24) is 10.2 Å². The maximum atomic E-state index is 13.3. The number of nitrogens with zero attached hydrogens (tertiary/aromatic N) is 1. The summed E-state index contributed by atoms with van der Waals surface area (Å²) in [7, 11) is 0. The monoisotopic (exact) mass is 458 g/mol. The molecule has 0 spiro atoms. The van der Waals surface area contributed by atoms with Gasteiger partial charge in [-0.1, -0.05) is 69.6 Å². The van der Waals surface area contributed by atoms with Crippen molar-refractivity contribution >= 4 is 23.4 Å². The maximum Gasteiger partial charge on any atom is 0.261 e. The fourth-order valence-electron chi connectivity index (χ4n) is 3.46. The minimum Gasteiger partial charge on any atom is -0.483 e. The number of hydrogen-bond donors (Lipinski definition) is 1. The summed E-state index contributed by atoms with van der Waals surface area (Å²) in [5.41, 5.74) is 1.95. The van der Waals surface area contributed by atoms with Crippen LogP contribution in [0.1, 0.15) is 64.5 Å². The minimum atomic E-state index is -0.587. The van der Waals surface area contributed by atoms with E-state index in [2.05, 4.69) is 19.2 Å². The van der Waals surface area contributed by atoms with Gasteiger partial charge in [0.2, 0.25) is 5.91 Å². The van der Waals surface area contributed by atoms with Gasteiger partial charge in [-0.3, -0.25) is 9.59 Å². The van der Waals surface area contributed by atoms with E-state index in [1.807, 2.05) is 57.2 Å². The SMILES string of the molecule is CC[C@@H](C)NC(=O)[C@H](CC)N(Cc1ccc(Cl)cc1)C(=O)COc1ccccc1C(C)C. The molecule has 2 rings (SSSR count). The number of benzene rings is 2. The van der Waals surface area contributed by atoms with E-state index in [-0.39, 0.29) is 30.4 Å². The molecule has 0 fully saturated rings. The Kier molecular flexibility index (Phi) is 10.0. The van der Waals surface area contributed by atoms with Crippen LogP contribution in [0.2, 0.25) is 5.02 Å². The van der Waals surface area contributed by atoms with Gasteiger partial charge in [-0.2, -0.15) is 0 Å². The van der Waals surface area contributed by atoms with E-state index in [0.717, 1.165) is 17.5 Å². The van der Waals surface area contributed by atoms with Crippen LogP contribution in [-0.2, 0) is 16.1 Å². The van der Waals surface area contributed by atoms with Gasteiger partial charge in [-0.25, -0.2) is 0 Å². The molecular weight excluding hydrogens is 424 g/mol. The Balaban J connectivity index is 2.24. The standard InChI is InChI=1S/C26H35ClN2O3/c1-6-19(5)28-26(31)23(7-2)29(16-20-12-14-21(27)15-13-20)25(30)17-32-24-11-9-8-10-22(24)18(3)4/h8-15,18-19,23H,6-7,16-17H2,1-5H3,(H,28,31)/t19-,23+/m1/s1. The summed E-state index contributed by atoms with van der Waals surface area (Å²) in [5.74, 6) is 0.590. The second kappa shape index (κ2) is 12.5. The Morgan fingerprint density at radius 3 is 2.25 bits per heavy atom. The van der Waals surface area contributed by atoms with Crippen LogP contribution in [0.15, 0.2) is 48.5 Å². The molecule has 0 heterocycles. The normalized spacial score (nSPS) is 12.8. The van der Waals surface area contributed by atoms with Crippen LogP contribution in [0, 0.1) is 0 Å². The lowest BCUT2D eigenvalue weighted by Gasteiger charge is -2.31. The average molecular weight is 459 g/mol. The van der Waals surface area contributed by atoms with Gasteiger partial charge >= 0.3 is 0 Å². The molecule has 0 aliphatic carbocycles. The summed E-state index contributed by atoms with van der Waals surface area (Å²) in [5, 5.41) is 3.64. The van der Waals surface area contributed by atoms with E-state index < -0.39 is 6.04 Å². The number of ether oxygens (including phenoxy) is 1. The van der Waals surface area contributed by atoms with E-state index in [4.69, 9.17) is 16.3 Å². The molecular formula is C26H35ClN2O3. The van der Waals surface area contributed by atoms with Crippen molar-refractivity contribution in [3.05, 3.63) is 64.7 Å². The maximum absolute atomic E-state index is 13.3. The van der Waals surface area contributed by atoms with Gasteiger partial charge in [-0.05, 0) is 55.0 Å². The zero-order valence-electron chi connectivity index (χ0n) is 19.7. The first-order chi connectivity index (χ1) is 15.3. The third-order valence-corrected chi connectivity index (χ3v) is 5.80. The highest BCUT2D eigenvalue weighted by atomic mass is 35.5. The van der Waals surface area contributed by atoms with Gasteiger partial charge in [0.25, 0.3) is 5.91 Å². The highest BCUT2D eigenvalue weighted by Gasteiger charge is 2.29. The van der Waals surface area contributed by atoms with E-state index in [1.165, 1.54) is 0 Å². The smallest absolute Gasteiger partial charge is 0.261 e. The molecule has 0 saturated heterocycles. The molecule has 0 aliphatic heterocycles. The molecule has 2 amide bonds. The number of hydrogen-bond acceptors (Lipinski definition) is 3. The fraction of sp³-hybridized carbons (Fsp3) is 0.462. The molecule has 1 N–H and O–H groups in total. The number of carbonyl (C=O) groups excluding carboxylic acids is 2. The molecule has 0 saturated carbocycles. The van der Waals surface area contributed by atoms with Crippen LogP contribution >= 0.6 is 11.6 Å². The van der Waals surface area contributed by atoms with Crippen molar-refractivity contribution in [2.75, 3.05) is 6.61 Å². The Morgan fingerprint density at radius 1 is 1.00 bits per heavy atom. The van der Waals surface area contributed by atoms with E-state index in [0.29, 0.717) is 23.7 Å². The highest BCUT2D eigenvalue weighted by molar-refractivity contribution is 6.30. The fourth-order valence-corrected chi connectivity index (χ4v) is 3.58. The molecule has 5 nitrogen and oxygen atoms in total. The molecule has 2 aromatic rings. The van der Waals surface area contributed by atoms with Crippen LogP contribution in [0.25, 0.3) is 0 Å². The number of nitrogens with one attached hydrogen (secondary N) is 1. The highest BCUT2D eigenvalue weighted by Crippen LogP contribution is 2.26. The van der Waals surface area contributed by atoms with E-state index in [1.54, 1.807) is 17.0 Å². The third-order valence-electron chi connectivity index (χ3n) is 5.55. The second-order valence-electron chi connectivity index (χ2n) is 8.37. The van der Waals surface area contributed by atoms with Gasteiger partial charge in [0.05, 0.1) is 0 Å². The molecule has 32 heavy (non-hydrogen) atoms. The molecule has 0 unspecified atom stereocenters. The summed E-state index contributed by atoms with van der Waals surface area (Å²) in [4.78, 5) is 27.9. The zero-order chi connectivity index (χ0) is 23.7. The largest absolute Gasteiger partial charge is 0.483 e. The Hall–Kier alpha value is -2.53. The summed E-state index contributed by atoms with van der Waals surface area (Å²) >= 11 is 6.02. The summed E-state index contributed by atoms with van der Waals surface area (Å²) in [6, 6.07) is 14.5. The van der Waals surface area contributed by atoms with Crippen molar-refractivity contribution in [2.24, 2.45) is 0 Å². The quantitative estimate of drug-likeness (QED) is 0.479. The van der Waals surface area contributed by atoms with Gasteiger partial charge in [0.1, 0.15) is 11.8 Å². The molecule has 0 radical (unpaired) electrons. The summed E-state index contributed by atoms with van der Waals surface area (Å²) in [6.45, 7) is 10.2. The Bertz CT molecular complexity index is 883. The first-order valence-electron chi connectivity index (χ1n) is 11.3. The first-order valence-corrected chi connectivity index (χ1v) is 11.7. The topological polar surface area (TPSA) is 58.6 Å². The van der Waals surface area contributed by atoms with Gasteiger partial charge in [0.15, 0.2) is 6.61 Å². The third kappa shape index (κ3) is 7.27. The summed E-state index contributed by atoms with van der Waals surface area (Å²) in [6.07, 6.45) is 1.33. The Morgan fingerprint density at radius 2 is 1.66 bits per heavy atom. The van der Waals surface area contributed by atoms with Crippen molar-refractivity contribution < 1.29 is 14.3 Å². The lowest BCUT2D eigenvalue weighted by molar-refractivity contribution is -0.143. The number of carbonyl (C=O) groups is 2. The summed E-state index contributed by atoms with van der Waals surface area (Å²) < 4.78 is 5.93. The molecule has 0 bridgehead atoms. The van der Waals surface area contributed by atoms with Crippen LogP contribution in [-0.4, -0.2) is 35.4 Å². The van der Waals surface area contributed by atoms with Gasteiger partial charge in [-0.15, -0.1) is 0 Å². The van der Waals surface area contributed by atoms with E-state index >= 15 is 0 Å². The molecule has 2 atom stereocenters. The molecule has 2 aromatic carbocycles. The number of halogens is 1. The molecule has 174 valence electrons. The lowest BCUT2D eigenvalue weighted by Crippen LogP contribution is -2.51. The average Bonchev–Trinajstić information content (AvgIpc) is 2.78. The predicted molar refractivity (Wildman–Crippen MR) is 130 cm³/mol. The molecule has 6 heteroatoms. The van der Waals surface area contributed by atoms with Gasteiger partial charge < -0.3 is 15.0 Å². The molecule has 0 aliphatic rings. The van der Waals surface area contributed by atoms with Crippen LogP contribution in [0.3, 0.4) is 0 Å².